The van der Waals surface area contributed by atoms with Crippen LogP contribution in [0.3, 0.4) is 0 Å². The molecular formula is C21H32N2O5S. The number of nitrogens with one attached hydrogen (secondary N) is 1. The summed E-state index contributed by atoms with van der Waals surface area (Å²) in [6, 6.07) is 4.59. The number of nitrogens with zero attached hydrogens (tertiary/aromatic N) is 1. The minimum absolute atomic E-state index is 0.111. The van der Waals surface area contributed by atoms with Crippen LogP contribution in [0.15, 0.2) is 23.1 Å². The van der Waals surface area contributed by atoms with Crippen LogP contribution in [0.1, 0.15) is 51.4 Å². The molecule has 0 atom stereocenters. The number of methoxy groups -OCH3 is 1. The van der Waals surface area contributed by atoms with Crippen molar-refractivity contribution in [2.75, 3.05) is 38.7 Å². The lowest BCUT2D eigenvalue weighted by atomic mass is 9.86. The Kier molecular flexibility index (Phi) is 7.91. The second-order valence-corrected chi connectivity index (χ2v) is 9.76. The number of morpholine rings is 1. The number of carbonyl (C=O) groups is 1. The molecule has 1 heterocycles. The summed E-state index contributed by atoms with van der Waals surface area (Å²) in [5, 5.41) is 2.84. The first-order valence-electron chi connectivity index (χ1n) is 10.6. The summed E-state index contributed by atoms with van der Waals surface area (Å²) >= 11 is 0. The van der Waals surface area contributed by atoms with Gasteiger partial charge in [0.25, 0.3) is 0 Å². The van der Waals surface area contributed by atoms with Gasteiger partial charge >= 0.3 is 0 Å². The Morgan fingerprint density at radius 2 is 1.93 bits per heavy atom. The average Bonchev–Trinajstić information content (AvgIpc) is 2.75. The van der Waals surface area contributed by atoms with Crippen molar-refractivity contribution in [3.8, 4) is 5.75 Å². The summed E-state index contributed by atoms with van der Waals surface area (Å²) in [6.45, 7) is 1.44. The molecular weight excluding hydrogens is 392 g/mol. The number of hydrogen-bond donors (Lipinski definition) is 1. The molecule has 1 saturated carbocycles. The molecule has 1 aromatic carbocycles. The van der Waals surface area contributed by atoms with Gasteiger partial charge < -0.3 is 14.8 Å². The number of sulfonamides is 1. The van der Waals surface area contributed by atoms with E-state index in [1.165, 1.54) is 55.7 Å². The fraction of sp³-hybridized carbons (Fsp3) is 0.667. The van der Waals surface area contributed by atoms with Crippen LogP contribution in [0.4, 0.5) is 5.69 Å². The highest BCUT2D eigenvalue weighted by atomic mass is 32.2. The Bertz CT molecular complexity index is 784. The molecule has 0 unspecified atom stereocenters. The number of benzene rings is 1. The minimum atomic E-state index is -3.63. The zero-order valence-corrected chi connectivity index (χ0v) is 18.0. The lowest BCUT2D eigenvalue weighted by Crippen LogP contribution is -2.40. The fourth-order valence-electron chi connectivity index (χ4n) is 4.12. The summed E-state index contributed by atoms with van der Waals surface area (Å²) < 4.78 is 37.7. The Morgan fingerprint density at radius 1 is 1.21 bits per heavy atom. The van der Waals surface area contributed by atoms with Crippen LogP contribution in [0.2, 0.25) is 0 Å². The summed E-state index contributed by atoms with van der Waals surface area (Å²) in [5.41, 5.74) is 0.393. The van der Waals surface area contributed by atoms with Crippen molar-refractivity contribution < 1.29 is 22.7 Å². The second kappa shape index (κ2) is 10.4. The van der Waals surface area contributed by atoms with Gasteiger partial charge in [-0.15, -0.1) is 0 Å². The van der Waals surface area contributed by atoms with Crippen molar-refractivity contribution in [2.45, 2.75) is 56.3 Å². The first-order valence-corrected chi connectivity index (χ1v) is 12.0. The zero-order valence-electron chi connectivity index (χ0n) is 17.2. The van der Waals surface area contributed by atoms with E-state index >= 15 is 0 Å². The van der Waals surface area contributed by atoms with Crippen LogP contribution in [0, 0.1) is 5.92 Å². The smallest absolute Gasteiger partial charge is 0.243 e. The van der Waals surface area contributed by atoms with E-state index in [-0.39, 0.29) is 10.8 Å². The molecule has 1 aliphatic heterocycles. The van der Waals surface area contributed by atoms with Gasteiger partial charge in [0.2, 0.25) is 15.9 Å². The standard InChI is InChI=1S/C21H32N2O5S/c1-27-20-11-10-18(29(25,26)23-12-14-28-15-13-23)16-19(20)22-21(24)9-5-8-17-6-3-2-4-7-17/h10-11,16-17H,2-9,12-15H2,1H3,(H,22,24). The molecule has 3 rings (SSSR count). The Balaban J connectivity index is 1.62. The number of hydrogen-bond acceptors (Lipinski definition) is 5. The van der Waals surface area contributed by atoms with Crippen LogP contribution in [0.5, 0.6) is 5.75 Å². The summed E-state index contributed by atoms with van der Waals surface area (Å²) in [6.07, 6.45) is 8.85. The average molecular weight is 425 g/mol. The van der Waals surface area contributed by atoms with E-state index in [4.69, 9.17) is 9.47 Å². The second-order valence-electron chi connectivity index (χ2n) is 7.82. The van der Waals surface area contributed by atoms with Crippen LogP contribution in [-0.4, -0.2) is 52.0 Å². The molecule has 8 heteroatoms. The summed E-state index contributed by atoms with van der Waals surface area (Å²) in [5.74, 6) is 1.08. The predicted octanol–water partition coefficient (Wildman–Crippen LogP) is 3.41. The van der Waals surface area contributed by atoms with Crippen LogP contribution >= 0.6 is 0 Å². The molecule has 1 aromatic rings. The van der Waals surface area contributed by atoms with Crippen molar-refractivity contribution in [1.29, 1.82) is 0 Å². The highest BCUT2D eigenvalue weighted by Gasteiger charge is 2.27. The number of ether oxygens (including phenoxy) is 2. The Hall–Kier alpha value is -1.64. The maximum Gasteiger partial charge on any atom is 0.243 e. The van der Waals surface area contributed by atoms with E-state index in [9.17, 15) is 13.2 Å². The lowest BCUT2D eigenvalue weighted by Gasteiger charge is -2.26. The maximum absolute atomic E-state index is 12.9. The summed E-state index contributed by atoms with van der Waals surface area (Å²) in [4.78, 5) is 12.6. The third-order valence-corrected chi connectivity index (χ3v) is 7.69. The van der Waals surface area contributed by atoms with E-state index < -0.39 is 10.0 Å². The summed E-state index contributed by atoms with van der Waals surface area (Å²) in [7, 11) is -2.13. The van der Waals surface area contributed by atoms with Crippen LogP contribution in [0.25, 0.3) is 0 Å². The van der Waals surface area contributed by atoms with Gasteiger partial charge in [0.15, 0.2) is 0 Å². The monoisotopic (exact) mass is 424 g/mol. The molecule has 2 fully saturated rings. The highest BCUT2D eigenvalue weighted by molar-refractivity contribution is 7.89. The molecule has 0 radical (unpaired) electrons. The number of carbonyl (C=O) groups excluding carboxylic acids is 1. The van der Waals surface area contributed by atoms with E-state index in [0.29, 0.717) is 44.2 Å². The molecule has 1 saturated heterocycles. The van der Waals surface area contributed by atoms with Gasteiger partial charge in [-0.2, -0.15) is 4.31 Å². The molecule has 1 amide bonds. The molecule has 29 heavy (non-hydrogen) atoms. The van der Waals surface area contributed by atoms with Gasteiger partial charge in [-0.1, -0.05) is 32.1 Å². The minimum Gasteiger partial charge on any atom is -0.495 e. The molecule has 2 aliphatic rings. The lowest BCUT2D eigenvalue weighted by molar-refractivity contribution is -0.116. The number of rotatable bonds is 8. The number of anilines is 1. The molecule has 0 aromatic heterocycles. The maximum atomic E-state index is 12.9. The topological polar surface area (TPSA) is 84.9 Å². The predicted molar refractivity (Wildman–Crippen MR) is 112 cm³/mol. The van der Waals surface area contributed by atoms with E-state index in [1.807, 2.05) is 0 Å². The molecule has 1 aliphatic carbocycles. The van der Waals surface area contributed by atoms with Gasteiger partial charge in [-0.3, -0.25) is 4.79 Å². The van der Waals surface area contributed by atoms with Gasteiger partial charge in [0.05, 0.1) is 30.9 Å². The van der Waals surface area contributed by atoms with Crippen molar-refractivity contribution >= 4 is 21.6 Å². The normalized spacial score (nSPS) is 19.1. The van der Waals surface area contributed by atoms with Crippen molar-refractivity contribution in [1.82, 2.24) is 4.31 Å². The molecule has 1 N–H and O–H groups in total. The van der Waals surface area contributed by atoms with Crippen LogP contribution < -0.4 is 10.1 Å². The SMILES string of the molecule is COc1ccc(S(=O)(=O)N2CCOCC2)cc1NC(=O)CCCC1CCCCC1. The Labute approximate surface area is 173 Å². The quantitative estimate of drug-likeness (QED) is 0.691. The van der Waals surface area contributed by atoms with E-state index in [2.05, 4.69) is 5.32 Å². The van der Waals surface area contributed by atoms with Crippen molar-refractivity contribution in [3.05, 3.63) is 18.2 Å². The molecule has 0 spiro atoms. The van der Waals surface area contributed by atoms with Crippen molar-refractivity contribution in [3.63, 3.8) is 0 Å². The largest absolute Gasteiger partial charge is 0.495 e. The Morgan fingerprint density at radius 3 is 2.62 bits per heavy atom. The van der Waals surface area contributed by atoms with E-state index in [0.717, 1.165) is 18.8 Å². The zero-order chi connectivity index (χ0) is 20.7. The third kappa shape index (κ3) is 5.93. The van der Waals surface area contributed by atoms with Crippen molar-refractivity contribution in [2.24, 2.45) is 5.92 Å². The third-order valence-electron chi connectivity index (χ3n) is 5.79. The van der Waals surface area contributed by atoms with Gasteiger partial charge in [0.1, 0.15) is 5.75 Å². The van der Waals surface area contributed by atoms with Crippen LogP contribution in [-0.2, 0) is 19.6 Å². The molecule has 162 valence electrons. The van der Waals surface area contributed by atoms with Gasteiger partial charge in [0, 0.05) is 19.5 Å². The molecule has 0 bridgehead atoms. The molecule has 7 nitrogen and oxygen atoms in total. The number of amides is 1. The van der Waals surface area contributed by atoms with Gasteiger partial charge in [-0.05, 0) is 37.0 Å². The first-order chi connectivity index (χ1) is 14.0. The van der Waals surface area contributed by atoms with E-state index in [1.54, 1.807) is 6.07 Å². The fourth-order valence-corrected chi connectivity index (χ4v) is 5.56. The first kappa shape index (κ1) is 22.1. The van der Waals surface area contributed by atoms with Gasteiger partial charge in [-0.25, -0.2) is 8.42 Å². The highest BCUT2D eigenvalue weighted by Crippen LogP contribution is 2.30.